The number of amides is 2. The molecule has 1 unspecified atom stereocenters. The van der Waals surface area contributed by atoms with E-state index in [4.69, 9.17) is 0 Å². The molecule has 1 saturated carbocycles. The molecule has 5 nitrogen and oxygen atoms in total. The van der Waals surface area contributed by atoms with Gasteiger partial charge in [0, 0.05) is 38.3 Å². The first-order valence-electron chi connectivity index (χ1n) is 11.5. The molecule has 2 saturated heterocycles. The van der Waals surface area contributed by atoms with Gasteiger partial charge >= 0.3 is 0 Å². The third-order valence-corrected chi connectivity index (χ3v) is 7.18. The van der Waals surface area contributed by atoms with Crippen molar-refractivity contribution >= 4 is 17.5 Å². The summed E-state index contributed by atoms with van der Waals surface area (Å²) in [5.41, 5.74) is 3.46. The number of benzene rings is 1. The number of carbonyl (C=O) groups excluding carboxylic acids is 2. The normalized spacial score (nSPS) is 24.6. The third-order valence-electron chi connectivity index (χ3n) is 7.18. The fraction of sp³-hybridized carbons (Fsp3) is 0.667. The van der Waals surface area contributed by atoms with Crippen LogP contribution in [0.1, 0.15) is 68.4 Å². The molecule has 0 aromatic heterocycles. The first-order chi connectivity index (χ1) is 14.1. The highest BCUT2D eigenvalue weighted by atomic mass is 16.2. The highest BCUT2D eigenvalue weighted by Gasteiger charge is 2.29. The van der Waals surface area contributed by atoms with Crippen LogP contribution in [0.2, 0.25) is 0 Å². The average molecular weight is 398 g/mol. The van der Waals surface area contributed by atoms with Crippen molar-refractivity contribution in [2.75, 3.05) is 37.6 Å². The van der Waals surface area contributed by atoms with Gasteiger partial charge < -0.3 is 4.90 Å². The lowest BCUT2D eigenvalue weighted by molar-refractivity contribution is -0.134. The van der Waals surface area contributed by atoms with Gasteiger partial charge in [-0.05, 0) is 55.5 Å². The molecule has 2 amide bonds. The Bertz CT molecular complexity index is 734. The topological polar surface area (TPSA) is 52.6 Å². The minimum atomic E-state index is -0.196. The molecule has 1 atom stereocenters. The molecule has 158 valence electrons. The molecule has 5 heteroatoms. The van der Waals surface area contributed by atoms with Crippen LogP contribution in [-0.2, 0) is 9.59 Å². The Morgan fingerprint density at radius 2 is 1.76 bits per heavy atom. The summed E-state index contributed by atoms with van der Waals surface area (Å²) < 4.78 is 0. The van der Waals surface area contributed by atoms with Crippen molar-refractivity contribution in [1.82, 2.24) is 10.2 Å². The van der Waals surface area contributed by atoms with E-state index in [-0.39, 0.29) is 17.7 Å². The second-order valence-electron chi connectivity index (χ2n) is 9.17. The summed E-state index contributed by atoms with van der Waals surface area (Å²) in [7, 11) is 0. The summed E-state index contributed by atoms with van der Waals surface area (Å²) in [4.78, 5) is 28.7. The molecule has 0 spiro atoms. The molecule has 29 heavy (non-hydrogen) atoms. The quantitative estimate of drug-likeness (QED) is 0.771. The molecule has 0 radical (unpaired) electrons. The van der Waals surface area contributed by atoms with Crippen LogP contribution in [0.5, 0.6) is 0 Å². The number of rotatable bonds is 5. The van der Waals surface area contributed by atoms with Gasteiger partial charge in [-0.1, -0.05) is 38.2 Å². The van der Waals surface area contributed by atoms with E-state index in [1.165, 1.54) is 50.8 Å². The van der Waals surface area contributed by atoms with Crippen LogP contribution in [0, 0.1) is 12.8 Å². The van der Waals surface area contributed by atoms with Gasteiger partial charge in [0.25, 0.3) is 0 Å². The van der Waals surface area contributed by atoms with Crippen molar-refractivity contribution in [2.45, 2.75) is 64.2 Å². The second-order valence-corrected chi connectivity index (χ2v) is 9.17. The smallest absolute Gasteiger partial charge is 0.234 e. The number of imide groups is 1. The maximum absolute atomic E-state index is 12.2. The third kappa shape index (κ3) is 5.00. The zero-order valence-electron chi connectivity index (χ0n) is 17.8. The predicted molar refractivity (Wildman–Crippen MR) is 116 cm³/mol. The lowest BCUT2D eigenvalue weighted by Gasteiger charge is -2.37. The van der Waals surface area contributed by atoms with Gasteiger partial charge in [-0.3, -0.25) is 19.8 Å². The van der Waals surface area contributed by atoms with E-state index in [0.29, 0.717) is 12.8 Å². The molecule has 1 aliphatic carbocycles. The van der Waals surface area contributed by atoms with Gasteiger partial charge in [0.2, 0.25) is 11.8 Å². The van der Waals surface area contributed by atoms with Crippen molar-refractivity contribution in [3.8, 4) is 0 Å². The highest BCUT2D eigenvalue weighted by molar-refractivity contribution is 6.01. The van der Waals surface area contributed by atoms with Crippen LogP contribution in [0.25, 0.3) is 0 Å². The molecule has 1 N–H and O–H groups in total. The molecule has 2 aliphatic heterocycles. The van der Waals surface area contributed by atoms with Crippen molar-refractivity contribution in [3.63, 3.8) is 0 Å². The van der Waals surface area contributed by atoms with E-state index >= 15 is 0 Å². The minimum absolute atomic E-state index is 0.149. The average Bonchev–Trinajstić information content (AvgIpc) is 2.74. The standard InChI is InChI=1S/C24H35N3O2/c1-18-17-20(7-8-21(18)22-9-10-23(28)25-24(22)29)27-15-13-26(14-16-27)12-11-19-5-3-2-4-6-19/h7-8,17,19,22H,2-6,9-16H2,1H3,(H,25,28,29). The van der Waals surface area contributed by atoms with Crippen LogP contribution in [0.15, 0.2) is 18.2 Å². The largest absolute Gasteiger partial charge is 0.369 e. The first kappa shape index (κ1) is 20.4. The molecule has 4 rings (SSSR count). The fourth-order valence-corrected chi connectivity index (χ4v) is 5.31. The van der Waals surface area contributed by atoms with Gasteiger partial charge in [0.05, 0.1) is 5.92 Å². The Balaban J connectivity index is 1.30. The van der Waals surface area contributed by atoms with E-state index in [9.17, 15) is 9.59 Å². The fourth-order valence-electron chi connectivity index (χ4n) is 5.31. The Morgan fingerprint density at radius 1 is 1.00 bits per heavy atom. The Morgan fingerprint density at radius 3 is 2.45 bits per heavy atom. The molecular formula is C24H35N3O2. The van der Waals surface area contributed by atoms with Crippen molar-refractivity contribution in [3.05, 3.63) is 29.3 Å². The zero-order chi connectivity index (χ0) is 20.2. The summed E-state index contributed by atoms with van der Waals surface area (Å²) in [6.45, 7) is 7.76. The van der Waals surface area contributed by atoms with E-state index < -0.39 is 0 Å². The number of piperazine rings is 1. The van der Waals surface area contributed by atoms with Crippen molar-refractivity contribution in [2.24, 2.45) is 5.92 Å². The zero-order valence-corrected chi connectivity index (χ0v) is 17.8. The Hall–Kier alpha value is -1.88. The number of aryl methyl sites for hydroxylation is 1. The minimum Gasteiger partial charge on any atom is -0.369 e. The molecule has 3 aliphatic rings. The number of anilines is 1. The number of piperidine rings is 1. The molecule has 2 heterocycles. The number of hydrogen-bond acceptors (Lipinski definition) is 4. The maximum atomic E-state index is 12.2. The highest BCUT2D eigenvalue weighted by Crippen LogP contribution is 2.31. The van der Waals surface area contributed by atoms with Crippen LogP contribution in [0.3, 0.4) is 0 Å². The molecule has 3 fully saturated rings. The number of nitrogens with zero attached hydrogens (tertiary/aromatic N) is 2. The lowest BCUT2D eigenvalue weighted by Crippen LogP contribution is -2.47. The molecule has 1 aromatic carbocycles. The van der Waals surface area contributed by atoms with E-state index in [2.05, 4.69) is 40.2 Å². The van der Waals surface area contributed by atoms with Crippen molar-refractivity contribution < 1.29 is 9.59 Å². The van der Waals surface area contributed by atoms with Crippen LogP contribution < -0.4 is 10.2 Å². The molecule has 1 aromatic rings. The van der Waals surface area contributed by atoms with Crippen LogP contribution in [-0.4, -0.2) is 49.4 Å². The maximum Gasteiger partial charge on any atom is 0.234 e. The Labute approximate surface area is 174 Å². The summed E-state index contributed by atoms with van der Waals surface area (Å²) in [5.74, 6) is 0.466. The summed E-state index contributed by atoms with van der Waals surface area (Å²) in [6.07, 6.45) is 9.62. The second kappa shape index (κ2) is 9.29. The van der Waals surface area contributed by atoms with Crippen LogP contribution >= 0.6 is 0 Å². The Kier molecular flexibility index (Phi) is 6.53. The number of nitrogens with one attached hydrogen (secondary N) is 1. The number of carbonyl (C=O) groups is 2. The lowest BCUT2D eigenvalue weighted by atomic mass is 9.87. The van der Waals surface area contributed by atoms with Crippen LogP contribution in [0.4, 0.5) is 5.69 Å². The molecular weight excluding hydrogens is 362 g/mol. The van der Waals surface area contributed by atoms with Crippen molar-refractivity contribution in [1.29, 1.82) is 0 Å². The monoisotopic (exact) mass is 397 g/mol. The van der Waals surface area contributed by atoms with Gasteiger partial charge in [0.1, 0.15) is 0 Å². The first-order valence-corrected chi connectivity index (χ1v) is 11.5. The molecule has 0 bridgehead atoms. The van der Waals surface area contributed by atoms with Gasteiger partial charge in [-0.2, -0.15) is 0 Å². The SMILES string of the molecule is Cc1cc(N2CCN(CCC3CCCCC3)CC2)ccc1C1CCC(=O)NC1=O. The van der Waals surface area contributed by atoms with E-state index in [1.807, 2.05) is 0 Å². The van der Waals surface area contributed by atoms with Gasteiger partial charge in [-0.25, -0.2) is 0 Å². The van der Waals surface area contributed by atoms with E-state index in [0.717, 1.165) is 43.2 Å². The summed E-state index contributed by atoms with van der Waals surface area (Å²) in [6, 6.07) is 6.47. The number of hydrogen-bond donors (Lipinski definition) is 1. The summed E-state index contributed by atoms with van der Waals surface area (Å²) in [5, 5.41) is 2.48. The van der Waals surface area contributed by atoms with E-state index in [1.54, 1.807) is 0 Å². The summed E-state index contributed by atoms with van der Waals surface area (Å²) >= 11 is 0. The predicted octanol–water partition coefficient (Wildman–Crippen LogP) is 3.61. The van der Waals surface area contributed by atoms with Gasteiger partial charge in [0.15, 0.2) is 0 Å². The van der Waals surface area contributed by atoms with Gasteiger partial charge in [-0.15, -0.1) is 0 Å².